The molecule has 0 aromatic heterocycles. The highest BCUT2D eigenvalue weighted by atomic mass is 32.2. The Morgan fingerprint density at radius 2 is 1.78 bits per heavy atom. The number of benzene rings is 2. The van der Waals surface area contributed by atoms with Crippen molar-refractivity contribution in [3.63, 3.8) is 0 Å². The highest BCUT2D eigenvalue weighted by Crippen LogP contribution is 2.47. The normalized spacial score (nSPS) is 19.0. The second-order valence-electron chi connectivity index (χ2n) is 10.1. The highest BCUT2D eigenvalue weighted by Gasteiger charge is 2.42. The summed E-state index contributed by atoms with van der Waals surface area (Å²) in [6.07, 6.45) is 0.779. The summed E-state index contributed by atoms with van der Waals surface area (Å²) in [5.74, 6) is 0.772. The van der Waals surface area contributed by atoms with Gasteiger partial charge in [0.25, 0.3) is 0 Å². The smallest absolute Gasteiger partial charge is 0.338 e. The lowest BCUT2D eigenvalue weighted by molar-refractivity contribution is -0.136. The zero-order valence-electron chi connectivity index (χ0n) is 24.0. The fourth-order valence-corrected chi connectivity index (χ4v) is 6.20. The summed E-state index contributed by atoms with van der Waals surface area (Å²) in [6.45, 7) is 5.48. The molecular formula is C31H36N4O5S. The summed E-state index contributed by atoms with van der Waals surface area (Å²) < 4.78 is 17.1. The zero-order valence-corrected chi connectivity index (χ0v) is 24.8. The summed E-state index contributed by atoms with van der Waals surface area (Å²) >= 11 is 1.47. The number of carbonyl (C=O) groups is 2. The molecule has 9 nitrogen and oxygen atoms in total. The van der Waals surface area contributed by atoms with Crippen molar-refractivity contribution in [3.8, 4) is 11.5 Å². The first kappa shape index (κ1) is 28.8. The number of piperazine rings is 1. The number of likely N-dealkylation sites (N-methyl/N-ethyl adjacent to an activating group) is 1. The van der Waals surface area contributed by atoms with E-state index in [0.717, 1.165) is 35.1 Å². The van der Waals surface area contributed by atoms with Crippen LogP contribution in [0.25, 0.3) is 0 Å². The first-order chi connectivity index (χ1) is 19.9. The molecule has 0 spiro atoms. The molecule has 0 radical (unpaired) electrons. The molecule has 0 aliphatic carbocycles. The number of fused-ring (bicyclic) bond motifs is 1. The van der Waals surface area contributed by atoms with Crippen molar-refractivity contribution in [1.29, 1.82) is 0 Å². The third-order valence-electron chi connectivity index (χ3n) is 7.56. The lowest BCUT2D eigenvalue weighted by atomic mass is 9.92. The number of ether oxygens (including phenoxy) is 3. The molecule has 10 heteroatoms. The minimum Gasteiger partial charge on any atom is -0.493 e. The summed E-state index contributed by atoms with van der Waals surface area (Å²) in [7, 11) is 5.05. The van der Waals surface area contributed by atoms with E-state index in [1.54, 1.807) is 7.11 Å². The van der Waals surface area contributed by atoms with Crippen molar-refractivity contribution in [2.75, 3.05) is 47.4 Å². The average Bonchev–Trinajstić information content (AvgIpc) is 3.41. The average molecular weight is 577 g/mol. The summed E-state index contributed by atoms with van der Waals surface area (Å²) in [6, 6.07) is 15.1. The molecule has 3 heterocycles. The first-order valence-electron chi connectivity index (χ1n) is 13.8. The number of allylic oxidation sites excluding steroid dienone is 1. The van der Waals surface area contributed by atoms with Gasteiger partial charge in [0, 0.05) is 31.9 Å². The number of methoxy groups -OCH3 is 2. The van der Waals surface area contributed by atoms with Crippen molar-refractivity contribution in [2.45, 2.75) is 32.4 Å². The summed E-state index contributed by atoms with van der Waals surface area (Å²) in [5.41, 5.74) is 3.79. The van der Waals surface area contributed by atoms with Gasteiger partial charge in [-0.05, 0) is 42.1 Å². The van der Waals surface area contributed by atoms with Gasteiger partial charge in [-0.25, -0.2) is 9.79 Å². The van der Waals surface area contributed by atoms with Crippen LogP contribution in [0.2, 0.25) is 0 Å². The van der Waals surface area contributed by atoms with Crippen LogP contribution in [-0.4, -0.2) is 79.2 Å². The Hall–Kier alpha value is -3.76. The van der Waals surface area contributed by atoms with Crippen LogP contribution >= 0.6 is 11.8 Å². The Kier molecular flexibility index (Phi) is 8.99. The number of thioether (sulfide) groups is 1. The molecule has 1 amide bonds. The number of amidine groups is 1. The molecule has 3 aliphatic heterocycles. The number of nitrogens with zero attached hydrogens (tertiary/aromatic N) is 4. The molecule has 2 aromatic carbocycles. The van der Waals surface area contributed by atoms with Gasteiger partial charge in [-0.2, -0.15) is 0 Å². The maximum absolute atomic E-state index is 13.4. The van der Waals surface area contributed by atoms with E-state index in [1.165, 1.54) is 18.9 Å². The lowest BCUT2D eigenvalue weighted by Crippen LogP contribution is -2.47. The van der Waals surface area contributed by atoms with E-state index in [0.29, 0.717) is 48.9 Å². The first-order valence-corrected chi connectivity index (χ1v) is 14.7. The SMILES string of the molecule is CCC1=C(C(=O)OC)C(c2ccc(OCc3ccccc3)c(OC)c2)N2C(CC(=O)N3CCN(C)CC3)=CSC2=N1. The molecule has 2 aromatic rings. The molecule has 41 heavy (non-hydrogen) atoms. The van der Waals surface area contributed by atoms with Crippen LogP contribution in [0.4, 0.5) is 0 Å². The number of esters is 1. The van der Waals surface area contributed by atoms with Crippen molar-refractivity contribution < 1.29 is 23.8 Å². The minimum atomic E-state index is -0.538. The molecular weight excluding hydrogens is 540 g/mol. The van der Waals surface area contributed by atoms with E-state index in [2.05, 4.69) is 11.9 Å². The van der Waals surface area contributed by atoms with Gasteiger partial charge < -0.3 is 28.9 Å². The Morgan fingerprint density at radius 3 is 2.46 bits per heavy atom. The lowest BCUT2D eigenvalue weighted by Gasteiger charge is -2.37. The quantitative estimate of drug-likeness (QED) is 0.402. The van der Waals surface area contributed by atoms with Crippen LogP contribution in [-0.2, 0) is 20.9 Å². The Balaban J connectivity index is 1.47. The largest absolute Gasteiger partial charge is 0.493 e. The van der Waals surface area contributed by atoms with Crippen molar-refractivity contribution in [2.24, 2.45) is 4.99 Å². The number of carbonyl (C=O) groups excluding carboxylic acids is 2. The van der Waals surface area contributed by atoms with Gasteiger partial charge in [-0.1, -0.05) is 55.1 Å². The van der Waals surface area contributed by atoms with Crippen LogP contribution < -0.4 is 9.47 Å². The molecule has 0 saturated carbocycles. The molecule has 0 N–H and O–H groups in total. The monoisotopic (exact) mass is 576 g/mol. The number of hydrogen-bond acceptors (Lipinski definition) is 9. The number of hydrogen-bond donors (Lipinski definition) is 0. The van der Waals surface area contributed by atoms with Crippen molar-refractivity contribution >= 4 is 28.8 Å². The van der Waals surface area contributed by atoms with Crippen LogP contribution in [0, 0.1) is 0 Å². The third-order valence-corrected chi connectivity index (χ3v) is 8.45. The molecule has 1 saturated heterocycles. The van der Waals surface area contributed by atoms with E-state index >= 15 is 0 Å². The topological polar surface area (TPSA) is 83.9 Å². The molecule has 1 unspecified atom stereocenters. The summed E-state index contributed by atoms with van der Waals surface area (Å²) in [5, 5.41) is 2.71. The molecule has 3 aliphatic rings. The molecule has 1 atom stereocenters. The van der Waals surface area contributed by atoms with E-state index in [4.69, 9.17) is 19.2 Å². The second-order valence-corrected chi connectivity index (χ2v) is 11.0. The standard InChI is InChI=1S/C31H36N4O5S/c1-5-24-28(30(37)39-4)29(22-11-12-25(26(17-22)38-3)40-19-21-9-7-6-8-10-21)35-23(20-41-31(35)32-24)18-27(36)34-15-13-33(2)14-16-34/h6-12,17,20,29H,5,13-16,18-19H2,1-4H3. The number of rotatable bonds is 9. The Labute approximate surface area is 245 Å². The van der Waals surface area contributed by atoms with Crippen LogP contribution in [0.15, 0.2) is 75.9 Å². The third kappa shape index (κ3) is 6.13. The maximum Gasteiger partial charge on any atom is 0.338 e. The van der Waals surface area contributed by atoms with Crippen LogP contribution in [0.5, 0.6) is 11.5 Å². The minimum absolute atomic E-state index is 0.0667. The second kappa shape index (κ2) is 12.8. The van der Waals surface area contributed by atoms with Gasteiger partial charge in [-0.15, -0.1) is 0 Å². The van der Waals surface area contributed by atoms with Crippen molar-refractivity contribution in [3.05, 3.63) is 82.0 Å². The highest BCUT2D eigenvalue weighted by molar-refractivity contribution is 8.16. The molecule has 216 valence electrons. The van der Waals surface area contributed by atoms with E-state index < -0.39 is 12.0 Å². The molecule has 0 bridgehead atoms. The fraction of sp³-hybridized carbons (Fsp3) is 0.387. The number of aliphatic imine (C=N–C) groups is 1. The van der Waals surface area contributed by atoms with Gasteiger partial charge in [0.1, 0.15) is 6.61 Å². The fourth-order valence-electron chi connectivity index (χ4n) is 5.26. The Morgan fingerprint density at radius 1 is 1.02 bits per heavy atom. The van der Waals surface area contributed by atoms with Crippen LogP contribution in [0.3, 0.4) is 0 Å². The van der Waals surface area contributed by atoms with Crippen LogP contribution in [0.1, 0.15) is 36.9 Å². The molecule has 1 fully saturated rings. The van der Waals surface area contributed by atoms with E-state index in [-0.39, 0.29) is 12.3 Å². The predicted octanol–water partition coefficient (Wildman–Crippen LogP) is 4.58. The van der Waals surface area contributed by atoms with Gasteiger partial charge >= 0.3 is 5.97 Å². The maximum atomic E-state index is 13.4. The van der Waals surface area contributed by atoms with E-state index in [1.807, 2.05) is 70.7 Å². The number of amides is 1. The zero-order chi connectivity index (χ0) is 28.9. The predicted molar refractivity (Wildman–Crippen MR) is 159 cm³/mol. The van der Waals surface area contributed by atoms with Crippen molar-refractivity contribution in [1.82, 2.24) is 14.7 Å². The van der Waals surface area contributed by atoms with Gasteiger partial charge in [0.05, 0.1) is 38.0 Å². The van der Waals surface area contributed by atoms with Gasteiger partial charge in [0.15, 0.2) is 16.7 Å². The van der Waals surface area contributed by atoms with Gasteiger partial charge in [-0.3, -0.25) is 4.79 Å². The van der Waals surface area contributed by atoms with Gasteiger partial charge in [0.2, 0.25) is 5.91 Å². The Bertz CT molecular complexity index is 1380. The van der Waals surface area contributed by atoms with E-state index in [9.17, 15) is 9.59 Å². The molecule has 5 rings (SSSR count). The summed E-state index contributed by atoms with van der Waals surface area (Å²) in [4.78, 5) is 37.6.